The van der Waals surface area contributed by atoms with Gasteiger partial charge in [-0.3, -0.25) is 4.84 Å². The Bertz CT molecular complexity index is 228. The van der Waals surface area contributed by atoms with Crippen molar-refractivity contribution in [2.75, 3.05) is 12.1 Å². The van der Waals surface area contributed by atoms with Crippen LogP contribution in [0.25, 0.3) is 0 Å². The minimum Gasteiger partial charge on any atom is -0.368 e. The van der Waals surface area contributed by atoms with E-state index in [1.807, 2.05) is 6.07 Å². The van der Waals surface area contributed by atoms with E-state index < -0.39 is 6.29 Å². The van der Waals surface area contributed by atoms with E-state index in [2.05, 4.69) is 10.5 Å². The van der Waals surface area contributed by atoms with Crippen LogP contribution in [0.15, 0.2) is 24.4 Å². The van der Waals surface area contributed by atoms with Gasteiger partial charge in [0.25, 0.3) is 0 Å². The smallest absolute Gasteiger partial charge is 0.153 e. The zero-order chi connectivity index (χ0) is 9.52. The number of hydrogen-bond donors (Lipinski definition) is 3. The van der Waals surface area contributed by atoms with Crippen molar-refractivity contribution in [2.24, 2.45) is 0 Å². The first-order chi connectivity index (χ1) is 6.29. The number of aromatic nitrogens is 1. The zero-order valence-electron chi connectivity index (χ0n) is 7.05. The van der Waals surface area contributed by atoms with Gasteiger partial charge in [0.1, 0.15) is 5.82 Å². The molecule has 0 aliphatic rings. The Morgan fingerprint density at radius 3 is 2.92 bits per heavy atom. The molecule has 0 atom stereocenters. The summed E-state index contributed by atoms with van der Waals surface area (Å²) >= 11 is 0. The van der Waals surface area contributed by atoms with Crippen LogP contribution in [0, 0.1) is 0 Å². The quantitative estimate of drug-likeness (QED) is 0.344. The standard InChI is InChI=1S/C8H12N2O3/c11-8(12)4-6-13-10-7-3-1-2-5-9-7/h1-3,5,8,11-12H,4,6H2,(H,9,10). The molecule has 0 aliphatic carbocycles. The second-order valence-corrected chi connectivity index (χ2v) is 2.43. The van der Waals surface area contributed by atoms with Gasteiger partial charge >= 0.3 is 0 Å². The Morgan fingerprint density at radius 2 is 2.31 bits per heavy atom. The average Bonchev–Trinajstić information content (AvgIpc) is 2.14. The van der Waals surface area contributed by atoms with Gasteiger partial charge in [-0.2, -0.15) is 0 Å². The molecule has 5 nitrogen and oxygen atoms in total. The van der Waals surface area contributed by atoms with Gasteiger partial charge in [-0.1, -0.05) is 6.07 Å². The molecule has 0 bridgehead atoms. The van der Waals surface area contributed by atoms with Gasteiger partial charge in [0, 0.05) is 12.6 Å². The fraction of sp³-hybridized carbons (Fsp3) is 0.375. The van der Waals surface area contributed by atoms with Crippen LogP contribution in [-0.2, 0) is 4.84 Å². The molecule has 0 unspecified atom stereocenters. The van der Waals surface area contributed by atoms with Crippen LogP contribution in [0.3, 0.4) is 0 Å². The molecule has 1 aromatic rings. The van der Waals surface area contributed by atoms with Crippen LogP contribution >= 0.6 is 0 Å². The first-order valence-electron chi connectivity index (χ1n) is 3.94. The second kappa shape index (κ2) is 5.47. The number of hydrogen-bond acceptors (Lipinski definition) is 5. The van der Waals surface area contributed by atoms with Gasteiger partial charge in [-0.15, -0.1) is 0 Å². The summed E-state index contributed by atoms with van der Waals surface area (Å²) < 4.78 is 0. The van der Waals surface area contributed by atoms with E-state index in [1.54, 1.807) is 18.3 Å². The molecule has 13 heavy (non-hydrogen) atoms. The van der Waals surface area contributed by atoms with Crippen molar-refractivity contribution in [3.05, 3.63) is 24.4 Å². The summed E-state index contributed by atoms with van der Waals surface area (Å²) in [5, 5.41) is 17.0. The van der Waals surface area contributed by atoms with Crippen LogP contribution in [0.5, 0.6) is 0 Å². The Balaban J connectivity index is 2.13. The summed E-state index contributed by atoms with van der Waals surface area (Å²) in [6, 6.07) is 5.36. The van der Waals surface area contributed by atoms with E-state index in [0.717, 1.165) is 0 Å². The maximum Gasteiger partial charge on any atom is 0.153 e. The molecule has 3 N–H and O–H groups in total. The molecule has 0 aromatic carbocycles. The number of aliphatic hydroxyl groups excluding tert-OH is 1. The van der Waals surface area contributed by atoms with Crippen LogP contribution in [0.2, 0.25) is 0 Å². The van der Waals surface area contributed by atoms with Gasteiger partial charge < -0.3 is 10.2 Å². The lowest BCUT2D eigenvalue weighted by molar-refractivity contribution is -0.0574. The third kappa shape index (κ3) is 4.41. The Hall–Kier alpha value is -1.17. The zero-order valence-corrected chi connectivity index (χ0v) is 7.05. The molecule has 0 saturated heterocycles. The lowest BCUT2D eigenvalue weighted by Crippen LogP contribution is -2.11. The topological polar surface area (TPSA) is 74.6 Å². The van der Waals surface area contributed by atoms with Gasteiger partial charge in [-0.25, -0.2) is 10.5 Å². The Labute approximate surface area is 76.0 Å². The molecule has 1 heterocycles. The maximum atomic E-state index is 8.48. The summed E-state index contributed by atoms with van der Waals surface area (Å²) in [4.78, 5) is 8.83. The summed E-state index contributed by atoms with van der Waals surface area (Å²) in [5.41, 5.74) is 2.57. The molecule has 5 heteroatoms. The molecule has 1 aromatic heterocycles. The SMILES string of the molecule is OC(O)CCONc1ccccn1. The van der Waals surface area contributed by atoms with Gasteiger partial charge in [0.05, 0.1) is 6.61 Å². The molecule has 0 spiro atoms. The van der Waals surface area contributed by atoms with Crippen LogP contribution in [0.1, 0.15) is 6.42 Å². The fourth-order valence-corrected chi connectivity index (χ4v) is 0.712. The molecule has 1 rings (SSSR count). The van der Waals surface area contributed by atoms with Crippen molar-refractivity contribution in [2.45, 2.75) is 12.7 Å². The molecule has 0 aliphatic heterocycles. The van der Waals surface area contributed by atoms with Crippen molar-refractivity contribution in [1.29, 1.82) is 0 Å². The predicted octanol–water partition coefficient (Wildman–Crippen LogP) is 0.126. The first-order valence-corrected chi connectivity index (χ1v) is 3.94. The number of nitrogens with one attached hydrogen (secondary N) is 1. The first kappa shape index (κ1) is 9.91. The van der Waals surface area contributed by atoms with Crippen LogP contribution in [0.4, 0.5) is 5.82 Å². The minimum atomic E-state index is -1.33. The number of aliphatic hydroxyl groups is 2. The molecule has 0 fully saturated rings. The fourth-order valence-electron chi connectivity index (χ4n) is 0.712. The molecular weight excluding hydrogens is 172 g/mol. The highest BCUT2D eigenvalue weighted by Crippen LogP contribution is 1.99. The minimum absolute atomic E-state index is 0.167. The largest absolute Gasteiger partial charge is 0.368 e. The maximum absolute atomic E-state index is 8.48. The highest BCUT2D eigenvalue weighted by atomic mass is 16.6. The molecule has 0 radical (unpaired) electrons. The van der Waals surface area contributed by atoms with E-state index in [-0.39, 0.29) is 13.0 Å². The molecule has 0 amide bonds. The normalized spacial score (nSPS) is 10.4. The number of rotatable bonds is 5. The Kier molecular flexibility index (Phi) is 4.17. The summed E-state index contributed by atoms with van der Waals surface area (Å²) in [6.45, 7) is 0.217. The van der Waals surface area contributed by atoms with Gasteiger partial charge in [-0.05, 0) is 12.1 Å². The third-order valence-electron chi connectivity index (χ3n) is 1.32. The monoisotopic (exact) mass is 184 g/mol. The second-order valence-electron chi connectivity index (χ2n) is 2.43. The third-order valence-corrected chi connectivity index (χ3v) is 1.32. The van der Waals surface area contributed by atoms with Gasteiger partial charge in [0.2, 0.25) is 0 Å². The van der Waals surface area contributed by atoms with E-state index >= 15 is 0 Å². The van der Waals surface area contributed by atoms with Crippen molar-refractivity contribution < 1.29 is 15.1 Å². The van der Waals surface area contributed by atoms with Gasteiger partial charge in [0.15, 0.2) is 6.29 Å². The van der Waals surface area contributed by atoms with E-state index in [4.69, 9.17) is 15.1 Å². The number of anilines is 1. The lowest BCUT2D eigenvalue weighted by Gasteiger charge is -2.06. The van der Waals surface area contributed by atoms with Crippen molar-refractivity contribution in [3.63, 3.8) is 0 Å². The highest BCUT2D eigenvalue weighted by molar-refractivity contribution is 5.29. The molecule has 72 valence electrons. The summed E-state index contributed by atoms with van der Waals surface area (Å²) in [6.07, 6.45) is 0.470. The molecule has 0 saturated carbocycles. The van der Waals surface area contributed by atoms with Crippen molar-refractivity contribution in [1.82, 2.24) is 4.98 Å². The van der Waals surface area contributed by atoms with Crippen molar-refractivity contribution >= 4 is 5.82 Å². The van der Waals surface area contributed by atoms with Crippen molar-refractivity contribution in [3.8, 4) is 0 Å². The molecular formula is C8H12N2O3. The van der Waals surface area contributed by atoms with E-state index in [9.17, 15) is 0 Å². The summed E-state index contributed by atoms with van der Waals surface area (Å²) in [7, 11) is 0. The number of nitrogens with zero attached hydrogens (tertiary/aromatic N) is 1. The van der Waals surface area contributed by atoms with Crippen LogP contribution in [-0.4, -0.2) is 28.1 Å². The predicted molar refractivity (Wildman–Crippen MR) is 46.7 cm³/mol. The van der Waals surface area contributed by atoms with Crippen LogP contribution < -0.4 is 5.48 Å². The van der Waals surface area contributed by atoms with E-state index in [1.165, 1.54) is 0 Å². The average molecular weight is 184 g/mol. The number of pyridine rings is 1. The van der Waals surface area contributed by atoms with E-state index in [0.29, 0.717) is 5.82 Å². The highest BCUT2D eigenvalue weighted by Gasteiger charge is 1.96. The summed E-state index contributed by atoms with van der Waals surface area (Å²) in [5.74, 6) is 0.593. The Morgan fingerprint density at radius 1 is 1.46 bits per heavy atom. The lowest BCUT2D eigenvalue weighted by atomic mass is 10.4.